The Hall–Kier alpha value is -2.84. The molecule has 22 heavy (non-hydrogen) atoms. The summed E-state index contributed by atoms with van der Waals surface area (Å²) in [5.74, 6) is -1.62. The normalized spacial score (nSPS) is 11.5. The van der Waals surface area contributed by atoms with Gasteiger partial charge < -0.3 is 27.1 Å². The van der Waals surface area contributed by atoms with Crippen LogP contribution >= 0.6 is 0 Å². The molecule has 120 valence electrons. The average molecular weight is 308 g/mol. The Labute approximate surface area is 127 Å². The number of nitrogens with one attached hydrogen (secondary N) is 4. The van der Waals surface area contributed by atoms with Gasteiger partial charge in [-0.05, 0) is 25.0 Å². The minimum Gasteiger partial charge on any atom is -0.388 e. The zero-order valence-electron chi connectivity index (χ0n) is 12.0. The monoisotopic (exact) mass is 308 g/mol. The Balaban J connectivity index is 2.63. The molecule has 9 heteroatoms. The standard InChI is InChI=1S/C13H20N6O3/c14-10(15)5-1-3-9(12(21)18-7-11(16)20)19-13(22)8-4-2-6-17-8/h2,4,6,9,17H,1,3,5,7H2,(H3,14,15)(H2,16,20)(H,18,21)(H,19,22)/t9-/m0/s1. The minimum atomic E-state index is -0.838. The summed E-state index contributed by atoms with van der Waals surface area (Å²) in [5, 5.41) is 12.1. The zero-order chi connectivity index (χ0) is 16.5. The third-order valence-corrected chi connectivity index (χ3v) is 2.84. The first kappa shape index (κ1) is 17.2. The van der Waals surface area contributed by atoms with Crippen molar-refractivity contribution in [2.24, 2.45) is 11.5 Å². The fraction of sp³-hybridized carbons (Fsp3) is 0.385. The second-order valence-corrected chi connectivity index (χ2v) is 4.71. The summed E-state index contributed by atoms with van der Waals surface area (Å²) >= 11 is 0. The van der Waals surface area contributed by atoms with Gasteiger partial charge in [0.15, 0.2) is 0 Å². The molecule has 1 heterocycles. The van der Waals surface area contributed by atoms with Crippen LogP contribution in [0.15, 0.2) is 18.3 Å². The van der Waals surface area contributed by atoms with Gasteiger partial charge in [0.25, 0.3) is 5.91 Å². The number of aromatic nitrogens is 1. The molecule has 3 amide bonds. The van der Waals surface area contributed by atoms with Crippen LogP contribution in [0, 0.1) is 5.41 Å². The van der Waals surface area contributed by atoms with Crippen LogP contribution in [0.3, 0.4) is 0 Å². The number of carbonyl (C=O) groups is 3. The number of hydrogen-bond donors (Lipinski definition) is 6. The highest BCUT2D eigenvalue weighted by atomic mass is 16.2. The Kier molecular flexibility index (Phi) is 6.61. The molecule has 0 spiro atoms. The van der Waals surface area contributed by atoms with Gasteiger partial charge in [0.1, 0.15) is 11.7 Å². The van der Waals surface area contributed by atoms with Crippen molar-refractivity contribution >= 4 is 23.6 Å². The topological polar surface area (TPSA) is 167 Å². The van der Waals surface area contributed by atoms with E-state index in [-0.39, 0.29) is 18.8 Å². The Bertz CT molecular complexity index is 540. The zero-order valence-corrected chi connectivity index (χ0v) is 12.0. The van der Waals surface area contributed by atoms with Gasteiger partial charge in [0.2, 0.25) is 11.8 Å². The van der Waals surface area contributed by atoms with Gasteiger partial charge in [-0.1, -0.05) is 0 Å². The second kappa shape index (κ2) is 8.45. The number of primary amides is 1. The molecule has 1 atom stereocenters. The smallest absolute Gasteiger partial charge is 0.268 e. The maximum absolute atomic E-state index is 12.0. The van der Waals surface area contributed by atoms with Crippen LogP contribution in [0.4, 0.5) is 0 Å². The van der Waals surface area contributed by atoms with Crippen LogP contribution in [-0.4, -0.2) is 41.1 Å². The predicted molar refractivity (Wildman–Crippen MR) is 80.0 cm³/mol. The molecule has 0 aromatic carbocycles. The average Bonchev–Trinajstić information content (AvgIpc) is 2.97. The van der Waals surface area contributed by atoms with E-state index in [1.165, 1.54) is 0 Å². The Morgan fingerprint density at radius 3 is 2.59 bits per heavy atom. The van der Waals surface area contributed by atoms with E-state index in [1.807, 2.05) is 0 Å². The lowest BCUT2D eigenvalue weighted by Crippen LogP contribution is -2.48. The lowest BCUT2D eigenvalue weighted by atomic mass is 10.1. The largest absolute Gasteiger partial charge is 0.388 e. The maximum Gasteiger partial charge on any atom is 0.268 e. The van der Waals surface area contributed by atoms with Gasteiger partial charge in [-0.15, -0.1) is 0 Å². The number of nitrogens with two attached hydrogens (primary N) is 2. The number of rotatable bonds is 9. The molecule has 1 aromatic rings. The van der Waals surface area contributed by atoms with E-state index in [1.54, 1.807) is 18.3 Å². The van der Waals surface area contributed by atoms with Crippen molar-refractivity contribution in [2.75, 3.05) is 6.54 Å². The van der Waals surface area contributed by atoms with Crippen molar-refractivity contribution in [1.82, 2.24) is 15.6 Å². The third-order valence-electron chi connectivity index (χ3n) is 2.84. The molecule has 0 saturated carbocycles. The van der Waals surface area contributed by atoms with Gasteiger partial charge in [-0.2, -0.15) is 0 Å². The highest BCUT2D eigenvalue weighted by Crippen LogP contribution is 2.03. The fourth-order valence-corrected chi connectivity index (χ4v) is 1.77. The van der Waals surface area contributed by atoms with Crippen molar-refractivity contribution in [3.8, 4) is 0 Å². The van der Waals surface area contributed by atoms with Gasteiger partial charge in [0, 0.05) is 12.6 Å². The summed E-state index contributed by atoms with van der Waals surface area (Å²) in [6, 6.07) is 2.39. The fourth-order valence-electron chi connectivity index (χ4n) is 1.77. The summed E-state index contributed by atoms with van der Waals surface area (Å²) in [6.07, 6.45) is 2.65. The molecule has 0 fully saturated rings. The van der Waals surface area contributed by atoms with Crippen LogP contribution in [0.25, 0.3) is 0 Å². The molecule has 0 radical (unpaired) electrons. The van der Waals surface area contributed by atoms with E-state index in [0.29, 0.717) is 18.5 Å². The number of aromatic amines is 1. The Morgan fingerprint density at radius 1 is 1.32 bits per heavy atom. The van der Waals surface area contributed by atoms with E-state index in [4.69, 9.17) is 16.9 Å². The van der Waals surface area contributed by atoms with Crippen LogP contribution < -0.4 is 22.1 Å². The predicted octanol–water partition coefficient (Wildman–Crippen LogP) is -1.18. The van der Waals surface area contributed by atoms with Crippen LogP contribution in [0.5, 0.6) is 0 Å². The highest BCUT2D eigenvalue weighted by molar-refractivity contribution is 5.96. The second-order valence-electron chi connectivity index (χ2n) is 4.71. The van der Waals surface area contributed by atoms with Crippen molar-refractivity contribution in [3.63, 3.8) is 0 Å². The lowest BCUT2D eigenvalue weighted by Gasteiger charge is -2.17. The quantitative estimate of drug-likeness (QED) is 0.250. The SMILES string of the molecule is N=C(N)CCC[C@H](NC(=O)c1ccc[nH]1)C(=O)NCC(N)=O. The molecular formula is C13H20N6O3. The van der Waals surface area contributed by atoms with E-state index in [2.05, 4.69) is 15.6 Å². The summed E-state index contributed by atoms with van der Waals surface area (Å²) in [6.45, 7) is -0.305. The molecule has 0 bridgehead atoms. The van der Waals surface area contributed by atoms with Crippen molar-refractivity contribution in [3.05, 3.63) is 24.0 Å². The van der Waals surface area contributed by atoms with Crippen LogP contribution in [0.2, 0.25) is 0 Å². The molecule has 0 aliphatic heterocycles. The molecule has 0 aliphatic carbocycles. The lowest BCUT2D eigenvalue weighted by molar-refractivity contribution is -0.126. The molecular weight excluding hydrogens is 288 g/mol. The van der Waals surface area contributed by atoms with Crippen LogP contribution in [-0.2, 0) is 9.59 Å². The Morgan fingerprint density at radius 2 is 2.05 bits per heavy atom. The van der Waals surface area contributed by atoms with E-state index in [9.17, 15) is 14.4 Å². The highest BCUT2D eigenvalue weighted by Gasteiger charge is 2.21. The minimum absolute atomic E-state index is 0.00647. The van der Waals surface area contributed by atoms with Crippen molar-refractivity contribution in [2.45, 2.75) is 25.3 Å². The molecule has 9 nitrogen and oxygen atoms in total. The molecule has 0 unspecified atom stereocenters. The molecule has 1 rings (SSSR count). The van der Waals surface area contributed by atoms with E-state index >= 15 is 0 Å². The number of amides is 3. The van der Waals surface area contributed by atoms with E-state index < -0.39 is 23.8 Å². The van der Waals surface area contributed by atoms with Gasteiger partial charge in [-0.25, -0.2) is 0 Å². The maximum atomic E-state index is 12.0. The summed E-state index contributed by atoms with van der Waals surface area (Å²) in [7, 11) is 0. The van der Waals surface area contributed by atoms with Crippen LogP contribution in [0.1, 0.15) is 29.8 Å². The first-order valence-electron chi connectivity index (χ1n) is 6.73. The summed E-state index contributed by atoms with van der Waals surface area (Å²) < 4.78 is 0. The third kappa shape index (κ3) is 6.07. The summed E-state index contributed by atoms with van der Waals surface area (Å²) in [5.41, 5.74) is 10.5. The molecule has 0 saturated heterocycles. The molecule has 1 aromatic heterocycles. The molecule has 8 N–H and O–H groups in total. The van der Waals surface area contributed by atoms with Crippen molar-refractivity contribution in [1.29, 1.82) is 5.41 Å². The first-order chi connectivity index (χ1) is 10.4. The van der Waals surface area contributed by atoms with E-state index in [0.717, 1.165) is 0 Å². The summed E-state index contributed by atoms with van der Waals surface area (Å²) in [4.78, 5) is 37.4. The number of carbonyl (C=O) groups excluding carboxylic acids is 3. The van der Waals surface area contributed by atoms with Gasteiger partial charge in [0.05, 0.1) is 12.4 Å². The van der Waals surface area contributed by atoms with Crippen molar-refractivity contribution < 1.29 is 14.4 Å². The number of hydrogen-bond acceptors (Lipinski definition) is 4. The number of H-pyrrole nitrogens is 1. The van der Waals surface area contributed by atoms with Gasteiger partial charge in [-0.3, -0.25) is 19.8 Å². The van der Waals surface area contributed by atoms with Gasteiger partial charge >= 0.3 is 0 Å². The number of amidine groups is 1. The molecule has 0 aliphatic rings. The first-order valence-corrected chi connectivity index (χ1v) is 6.73.